The van der Waals surface area contributed by atoms with E-state index in [-0.39, 0.29) is 31.4 Å². The summed E-state index contributed by atoms with van der Waals surface area (Å²) < 4.78 is 10.9. The average Bonchev–Trinajstić information content (AvgIpc) is 3.12. The first kappa shape index (κ1) is 27.8. The summed E-state index contributed by atoms with van der Waals surface area (Å²) in [6.45, 7) is 3.28. The van der Waals surface area contributed by atoms with Crippen molar-refractivity contribution in [2.24, 2.45) is 5.92 Å². The van der Waals surface area contributed by atoms with Gasteiger partial charge in [0.15, 0.2) is 0 Å². The van der Waals surface area contributed by atoms with Crippen molar-refractivity contribution in [3.8, 4) is 5.75 Å². The Balaban J connectivity index is 1.54. The molecule has 2 aliphatic rings. The van der Waals surface area contributed by atoms with Crippen LogP contribution in [0.15, 0.2) is 24.3 Å². The van der Waals surface area contributed by atoms with Gasteiger partial charge >= 0.3 is 6.09 Å². The third kappa shape index (κ3) is 8.69. The highest BCUT2D eigenvalue weighted by atomic mass is 16.5. The second-order valence-corrected chi connectivity index (χ2v) is 9.77. The fourth-order valence-corrected chi connectivity index (χ4v) is 4.87. The first-order valence-corrected chi connectivity index (χ1v) is 13.3. The molecule has 0 spiro atoms. The second-order valence-electron chi connectivity index (χ2n) is 9.77. The topological polar surface area (TPSA) is 117 Å². The SMILES string of the molecule is CCCOC(=O)NC(CC1CCCCC1)C(=O)NC(CO)CCC(=O)N1CCOc2ccccc2C1. The normalized spacial score (nSPS) is 17.7. The van der Waals surface area contributed by atoms with E-state index in [0.29, 0.717) is 44.9 Å². The van der Waals surface area contributed by atoms with E-state index in [9.17, 15) is 19.5 Å². The highest BCUT2D eigenvalue weighted by molar-refractivity contribution is 5.86. The Morgan fingerprint density at radius 2 is 1.94 bits per heavy atom. The first-order valence-electron chi connectivity index (χ1n) is 13.3. The summed E-state index contributed by atoms with van der Waals surface area (Å²) in [5.74, 6) is 0.756. The standard InChI is InChI=1S/C27H41N3O6/c1-2-15-36-27(34)29-23(17-20-8-4-3-5-9-20)26(33)28-22(19-31)12-13-25(32)30-14-16-35-24-11-7-6-10-21(24)18-30/h6-7,10-11,20,22-23,31H,2-5,8-9,12-19H2,1H3,(H,28,33)(H,29,34). The van der Waals surface area contributed by atoms with Crippen LogP contribution in [0.5, 0.6) is 5.75 Å². The molecule has 36 heavy (non-hydrogen) atoms. The summed E-state index contributed by atoms with van der Waals surface area (Å²) in [6.07, 6.45) is 6.66. The minimum absolute atomic E-state index is 0.0528. The Kier molecular flexibility index (Phi) is 11.3. The van der Waals surface area contributed by atoms with Gasteiger partial charge in [0.2, 0.25) is 11.8 Å². The van der Waals surface area contributed by atoms with Crippen LogP contribution in [-0.2, 0) is 20.9 Å². The van der Waals surface area contributed by atoms with Gasteiger partial charge in [-0.05, 0) is 31.2 Å². The molecule has 0 radical (unpaired) electrons. The first-order chi connectivity index (χ1) is 17.5. The molecule has 1 saturated carbocycles. The molecule has 9 nitrogen and oxygen atoms in total. The fraction of sp³-hybridized carbons (Fsp3) is 0.667. The number of hydrogen-bond acceptors (Lipinski definition) is 6. The van der Waals surface area contributed by atoms with Crippen LogP contribution >= 0.6 is 0 Å². The zero-order chi connectivity index (χ0) is 25.8. The molecule has 9 heteroatoms. The molecule has 1 aromatic carbocycles. The molecule has 0 saturated heterocycles. The molecule has 200 valence electrons. The minimum atomic E-state index is -0.735. The Morgan fingerprint density at radius 3 is 2.69 bits per heavy atom. The Morgan fingerprint density at radius 1 is 1.17 bits per heavy atom. The molecule has 3 N–H and O–H groups in total. The van der Waals surface area contributed by atoms with E-state index < -0.39 is 18.2 Å². The van der Waals surface area contributed by atoms with E-state index in [1.54, 1.807) is 4.90 Å². The Hall–Kier alpha value is -2.81. The van der Waals surface area contributed by atoms with Gasteiger partial charge in [-0.25, -0.2) is 4.79 Å². The molecule has 3 rings (SSSR count). The van der Waals surface area contributed by atoms with Gasteiger partial charge in [-0.2, -0.15) is 0 Å². The number of aliphatic hydroxyl groups is 1. The quantitative estimate of drug-likeness (QED) is 0.427. The molecule has 2 unspecified atom stereocenters. The number of ether oxygens (including phenoxy) is 2. The van der Waals surface area contributed by atoms with Crippen molar-refractivity contribution in [1.29, 1.82) is 0 Å². The predicted octanol–water partition coefficient (Wildman–Crippen LogP) is 3.14. The molecule has 1 aliphatic carbocycles. The van der Waals surface area contributed by atoms with Gasteiger partial charge in [-0.3, -0.25) is 9.59 Å². The van der Waals surface area contributed by atoms with Gasteiger partial charge in [-0.1, -0.05) is 57.2 Å². The molecule has 1 aromatic rings. The molecular weight excluding hydrogens is 462 g/mol. The third-order valence-corrected chi connectivity index (χ3v) is 6.92. The minimum Gasteiger partial charge on any atom is -0.491 e. The van der Waals surface area contributed by atoms with Crippen LogP contribution in [-0.4, -0.2) is 66.4 Å². The molecule has 2 atom stereocenters. The maximum absolute atomic E-state index is 13.1. The van der Waals surface area contributed by atoms with E-state index in [1.165, 1.54) is 6.42 Å². The van der Waals surface area contributed by atoms with Gasteiger partial charge in [0.1, 0.15) is 18.4 Å². The predicted molar refractivity (Wildman–Crippen MR) is 135 cm³/mol. The highest BCUT2D eigenvalue weighted by Gasteiger charge is 2.28. The van der Waals surface area contributed by atoms with Crippen LogP contribution in [0.4, 0.5) is 4.79 Å². The van der Waals surface area contributed by atoms with Gasteiger partial charge in [0.25, 0.3) is 0 Å². The molecule has 1 aliphatic heterocycles. The number of nitrogens with zero attached hydrogens (tertiary/aromatic N) is 1. The van der Waals surface area contributed by atoms with Crippen LogP contribution in [0.1, 0.15) is 70.3 Å². The summed E-state index contributed by atoms with van der Waals surface area (Å²) >= 11 is 0. The lowest BCUT2D eigenvalue weighted by atomic mass is 9.84. The number of carbonyl (C=O) groups is 3. The lowest BCUT2D eigenvalue weighted by Crippen LogP contribution is -2.51. The number of fused-ring (bicyclic) bond motifs is 1. The zero-order valence-corrected chi connectivity index (χ0v) is 21.4. The van der Waals surface area contributed by atoms with Crippen molar-refractivity contribution in [2.75, 3.05) is 26.4 Å². The Bertz CT molecular complexity index is 858. The van der Waals surface area contributed by atoms with Crippen LogP contribution in [0.3, 0.4) is 0 Å². The van der Waals surface area contributed by atoms with E-state index in [4.69, 9.17) is 9.47 Å². The van der Waals surface area contributed by atoms with Crippen LogP contribution in [0, 0.1) is 5.92 Å². The number of para-hydroxylation sites is 1. The zero-order valence-electron chi connectivity index (χ0n) is 21.4. The lowest BCUT2D eigenvalue weighted by molar-refractivity contribution is -0.132. The number of amides is 3. The second kappa shape index (κ2) is 14.7. The van der Waals surface area contributed by atoms with Crippen molar-refractivity contribution < 1.29 is 29.0 Å². The van der Waals surface area contributed by atoms with Crippen molar-refractivity contribution in [3.05, 3.63) is 29.8 Å². The van der Waals surface area contributed by atoms with E-state index in [2.05, 4.69) is 10.6 Å². The molecule has 3 amide bonds. The largest absolute Gasteiger partial charge is 0.491 e. The van der Waals surface area contributed by atoms with Crippen molar-refractivity contribution >= 4 is 17.9 Å². The molecule has 1 fully saturated rings. The highest BCUT2D eigenvalue weighted by Crippen LogP contribution is 2.27. The number of aliphatic hydroxyl groups excluding tert-OH is 1. The smallest absolute Gasteiger partial charge is 0.407 e. The molecule has 0 bridgehead atoms. The maximum Gasteiger partial charge on any atom is 0.407 e. The monoisotopic (exact) mass is 503 g/mol. The molecular formula is C27H41N3O6. The summed E-state index contributed by atoms with van der Waals surface area (Å²) in [7, 11) is 0. The molecule has 1 heterocycles. The number of hydrogen-bond donors (Lipinski definition) is 3. The van der Waals surface area contributed by atoms with Gasteiger partial charge in [-0.15, -0.1) is 0 Å². The fourth-order valence-electron chi connectivity index (χ4n) is 4.87. The van der Waals surface area contributed by atoms with Gasteiger partial charge in [0, 0.05) is 18.5 Å². The van der Waals surface area contributed by atoms with Crippen LogP contribution in [0.2, 0.25) is 0 Å². The van der Waals surface area contributed by atoms with Gasteiger partial charge in [0.05, 0.1) is 25.8 Å². The lowest BCUT2D eigenvalue weighted by Gasteiger charge is -2.28. The number of alkyl carbamates (subject to hydrolysis) is 1. The van der Waals surface area contributed by atoms with Crippen molar-refractivity contribution in [2.45, 2.75) is 83.3 Å². The van der Waals surface area contributed by atoms with Crippen molar-refractivity contribution in [3.63, 3.8) is 0 Å². The average molecular weight is 504 g/mol. The van der Waals surface area contributed by atoms with Crippen LogP contribution < -0.4 is 15.4 Å². The summed E-state index contributed by atoms with van der Waals surface area (Å²) in [4.78, 5) is 40.0. The summed E-state index contributed by atoms with van der Waals surface area (Å²) in [5, 5.41) is 15.5. The molecule has 0 aromatic heterocycles. The van der Waals surface area contributed by atoms with E-state index in [1.807, 2.05) is 31.2 Å². The maximum atomic E-state index is 13.1. The summed E-state index contributed by atoms with van der Waals surface area (Å²) in [5.41, 5.74) is 0.960. The number of nitrogens with one attached hydrogen (secondary N) is 2. The third-order valence-electron chi connectivity index (χ3n) is 6.92. The van der Waals surface area contributed by atoms with E-state index in [0.717, 1.165) is 37.0 Å². The van der Waals surface area contributed by atoms with Crippen LogP contribution in [0.25, 0.3) is 0 Å². The van der Waals surface area contributed by atoms with E-state index >= 15 is 0 Å². The number of benzene rings is 1. The number of rotatable bonds is 11. The van der Waals surface area contributed by atoms with Gasteiger partial charge < -0.3 is 30.1 Å². The summed E-state index contributed by atoms with van der Waals surface area (Å²) in [6, 6.07) is 6.35. The Labute approximate surface area is 213 Å². The number of carbonyl (C=O) groups excluding carboxylic acids is 3. The van der Waals surface area contributed by atoms with Crippen molar-refractivity contribution in [1.82, 2.24) is 15.5 Å².